The third-order valence-electron chi connectivity index (χ3n) is 7.35. The molecule has 2 aliphatic carbocycles. The summed E-state index contributed by atoms with van der Waals surface area (Å²) in [6.45, 7) is 0.160. The third kappa shape index (κ3) is 3.97. The summed E-state index contributed by atoms with van der Waals surface area (Å²) in [5.74, 6) is 4.52. The molecule has 4 N–H and O–H groups in total. The number of hydrogen-bond acceptors (Lipinski definition) is 9. The largest absolute Gasteiger partial charge is 0.493 e. The maximum atomic E-state index is 9.97. The van der Waals surface area contributed by atoms with Crippen LogP contribution >= 0.6 is 0 Å². The number of aliphatic hydroxyl groups is 1. The molecule has 1 aliphatic heterocycles. The predicted octanol–water partition coefficient (Wildman–Crippen LogP) is 2.06. The summed E-state index contributed by atoms with van der Waals surface area (Å²) in [4.78, 5) is 16.6. The van der Waals surface area contributed by atoms with Gasteiger partial charge in [0.05, 0.1) is 51.6 Å². The standard InChI is InChI=1S/C25H30N6O4.H2O/c1-33-20-9-15(10-21(34-2)23(20)35-3)30-11-22(26-13-30)28-25-27-18-6-4-5-17(18)24(29-25)31-16(12-32)7-14-8-19(14)31;/h9-11,13-14,16,19,32H,4-8,12H2,1-3H3,(H,27,28,29);1H2/t14-,16-,19+;/m0./s1. The molecule has 2 fully saturated rings. The lowest BCUT2D eigenvalue weighted by Gasteiger charge is -2.29. The number of piperidine rings is 1. The molecule has 3 atom stereocenters. The first-order valence-corrected chi connectivity index (χ1v) is 12.0. The first-order chi connectivity index (χ1) is 17.1. The van der Waals surface area contributed by atoms with Crippen molar-refractivity contribution in [3.63, 3.8) is 0 Å². The molecule has 0 amide bonds. The predicted molar refractivity (Wildman–Crippen MR) is 134 cm³/mol. The van der Waals surface area contributed by atoms with Crippen LogP contribution in [0.5, 0.6) is 17.2 Å². The van der Waals surface area contributed by atoms with Crippen molar-refractivity contribution in [2.24, 2.45) is 5.92 Å². The van der Waals surface area contributed by atoms with E-state index in [4.69, 9.17) is 24.2 Å². The molecule has 1 saturated carbocycles. The van der Waals surface area contributed by atoms with Crippen LogP contribution in [0.25, 0.3) is 5.69 Å². The summed E-state index contributed by atoms with van der Waals surface area (Å²) in [7, 11) is 4.77. The Morgan fingerprint density at radius 1 is 1.06 bits per heavy atom. The van der Waals surface area contributed by atoms with E-state index in [0.717, 1.165) is 42.9 Å². The van der Waals surface area contributed by atoms with E-state index in [1.807, 2.05) is 22.9 Å². The van der Waals surface area contributed by atoms with Crippen LogP contribution in [0.1, 0.15) is 30.5 Å². The van der Waals surface area contributed by atoms with E-state index in [0.29, 0.717) is 41.0 Å². The van der Waals surface area contributed by atoms with Gasteiger partial charge in [-0.3, -0.25) is 0 Å². The van der Waals surface area contributed by atoms with Gasteiger partial charge in [0.15, 0.2) is 17.3 Å². The van der Waals surface area contributed by atoms with Gasteiger partial charge in [-0.2, -0.15) is 4.98 Å². The Bertz CT molecular complexity index is 1240. The number of aromatic nitrogens is 4. The molecule has 0 unspecified atom stereocenters. The highest BCUT2D eigenvalue weighted by atomic mass is 16.5. The number of rotatable bonds is 8. The Hall–Kier alpha value is -3.57. The van der Waals surface area contributed by atoms with Crippen molar-refractivity contribution in [3.05, 3.63) is 35.9 Å². The second-order valence-corrected chi connectivity index (χ2v) is 9.37. The minimum atomic E-state index is 0. The van der Waals surface area contributed by atoms with Crippen LogP contribution in [0.4, 0.5) is 17.6 Å². The Labute approximate surface area is 209 Å². The van der Waals surface area contributed by atoms with Crippen molar-refractivity contribution >= 4 is 17.6 Å². The maximum Gasteiger partial charge on any atom is 0.230 e. The SMILES string of the molecule is COc1cc(-n2cnc(Nc3nc4c(c(N5[C@H](CO)C[C@H]6C[C@H]65)n3)CCC4)c2)cc(OC)c1OC.O. The van der Waals surface area contributed by atoms with Crippen molar-refractivity contribution in [2.75, 3.05) is 38.2 Å². The van der Waals surface area contributed by atoms with Crippen LogP contribution < -0.4 is 24.4 Å². The highest BCUT2D eigenvalue weighted by Gasteiger charge is 2.53. The van der Waals surface area contributed by atoms with Crippen molar-refractivity contribution in [1.29, 1.82) is 0 Å². The number of fused-ring (bicyclic) bond motifs is 2. The average molecular weight is 497 g/mol. The fraction of sp³-hybridized carbons (Fsp3) is 0.480. The highest BCUT2D eigenvalue weighted by molar-refractivity contribution is 5.61. The van der Waals surface area contributed by atoms with Crippen molar-refractivity contribution in [3.8, 4) is 22.9 Å². The van der Waals surface area contributed by atoms with Gasteiger partial charge in [0.1, 0.15) is 12.1 Å². The number of methoxy groups -OCH3 is 3. The van der Waals surface area contributed by atoms with Crippen molar-refractivity contribution < 1.29 is 24.8 Å². The summed E-state index contributed by atoms with van der Waals surface area (Å²) in [6, 6.07) is 4.38. The Kier molecular flexibility index (Phi) is 6.35. The number of benzene rings is 1. The second kappa shape index (κ2) is 9.47. The molecule has 0 bridgehead atoms. The zero-order valence-electron chi connectivity index (χ0n) is 20.7. The first kappa shape index (κ1) is 24.1. The lowest BCUT2D eigenvalue weighted by Crippen LogP contribution is -2.37. The average Bonchev–Trinajstić information content (AvgIpc) is 3.25. The molecule has 3 aromatic rings. The summed E-state index contributed by atoms with van der Waals surface area (Å²) < 4.78 is 18.3. The zero-order valence-corrected chi connectivity index (χ0v) is 20.7. The molecule has 11 heteroatoms. The number of anilines is 3. The fourth-order valence-electron chi connectivity index (χ4n) is 5.59. The lowest BCUT2D eigenvalue weighted by molar-refractivity contribution is 0.259. The van der Waals surface area contributed by atoms with Gasteiger partial charge in [-0.25, -0.2) is 9.97 Å². The Morgan fingerprint density at radius 3 is 2.53 bits per heavy atom. The molecular formula is C25H32N6O5. The van der Waals surface area contributed by atoms with Crippen LogP contribution in [0.15, 0.2) is 24.7 Å². The van der Waals surface area contributed by atoms with Gasteiger partial charge in [0.2, 0.25) is 11.7 Å². The molecule has 0 spiro atoms. The van der Waals surface area contributed by atoms with Gasteiger partial charge in [-0.1, -0.05) is 0 Å². The van der Waals surface area contributed by atoms with Crippen molar-refractivity contribution in [1.82, 2.24) is 19.5 Å². The molecule has 3 aliphatic rings. The zero-order chi connectivity index (χ0) is 24.1. The van der Waals surface area contributed by atoms with E-state index in [1.165, 1.54) is 12.0 Å². The molecule has 1 saturated heterocycles. The van der Waals surface area contributed by atoms with E-state index in [9.17, 15) is 5.11 Å². The van der Waals surface area contributed by atoms with Gasteiger partial charge >= 0.3 is 0 Å². The molecule has 2 aromatic heterocycles. The summed E-state index contributed by atoms with van der Waals surface area (Å²) >= 11 is 0. The summed E-state index contributed by atoms with van der Waals surface area (Å²) in [5, 5.41) is 13.3. The van der Waals surface area contributed by atoms with Gasteiger partial charge < -0.3 is 39.6 Å². The van der Waals surface area contributed by atoms with Crippen LogP contribution in [0, 0.1) is 5.92 Å². The smallest absolute Gasteiger partial charge is 0.230 e. The molecule has 192 valence electrons. The molecule has 0 radical (unpaired) electrons. The number of ether oxygens (including phenoxy) is 3. The molecule has 36 heavy (non-hydrogen) atoms. The number of nitrogens with zero attached hydrogens (tertiary/aromatic N) is 5. The minimum absolute atomic E-state index is 0. The summed E-state index contributed by atoms with van der Waals surface area (Å²) in [6.07, 6.45) is 8.85. The van der Waals surface area contributed by atoms with Crippen molar-refractivity contribution in [2.45, 2.75) is 44.2 Å². The molecule has 1 aromatic carbocycles. The molecule has 6 rings (SSSR count). The number of imidazole rings is 1. The van der Waals surface area contributed by atoms with Crippen LogP contribution in [0.2, 0.25) is 0 Å². The van der Waals surface area contributed by atoms with E-state index >= 15 is 0 Å². The van der Waals surface area contributed by atoms with Gasteiger partial charge in [0, 0.05) is 23.7 Å². The van der Waals surface area contributed by atoms with Crippen LogP contribution in [-0.2, 0) is 12.8 Å². The quantitative estimate of drug-likeness (QED) is 0.480. The second-order valence-electron chi connectivity index (χ2n) is 9.37. The third-order valence-corrected chi connectivity index (χ3v) is 7.35. The molecule has 11 nitrogen and oxygen atoms in total. The number of aryl methyl sites for hydroxylation is 1. The highest BCUT2D eigenvalue weighted by Crippen LogP contribution is 2.50. The summed E-state index contributed by atoms with van der Waals surface area (Å²) in [5.41, 5.74) is 3.16. The number of hydrogen-bond donors (Lipinski definition) is 2. The van der Waals surface area contributed by atoms with E-state index in [-0.39, 0.29) is 18.1 Å². The van der Waals surface area contributed by atoms with E-state index < -0.39 is 0 Å². The normalized spacial score (nSPS) is 21.4. The fourth-order valence-corrected chi connectivity index (χ4v) is 5.59. The van der Waals surface area contributed by atoms with E-state index in [1.54, 1.807) is 27.7 Å². The first-order valence-electron chi connectivity index (χ1n) is 12.0. The van der Waals surface area contributed by atoms with Gasteiger partial charge in [-0.05, 0) is 38.0 Å². The minimum Gasteiger partial charge on any atom is -0.493 e. The monoisotopic (exact) mass is 496 g/mol. The topological polar surface area (TPSA) is 138 Å². The van der Waals surface area contributed by atoms with E-state index in [2.05, 4.69) is 15.2 Å². The Morgan fingerprint density at radius 2 is 1.83 bits per heavy atom. The van der Waals surface area contributed by atoms with Crippen LogP contribution in [-0.4, -0.2) is 70.1 Å². The van der Waals surface area contributed by atoms with Crippen LogP contribution in [0.3, 0.4) is 0 Å². The lowest BCUT2D eigenvalue weighted by atomic mass is 10.1. The Balaban J connectivity index is 0.00000267. The molecular weight excluding hydrogens is 464 g/mol. The van der Waals surface area contributed by atoms with Gasteiger partial charge in [0.25, 0.3) is 0 Å². The molecule has 3 heterocycles. The van der Waals surface area contributed by atoms with Gasteiger partial charge in [-0.15, -0.1) is 0 Å². The number of aliphatic hydroxyl groups excluding tert-OH is 1. The number of nitrogens with one attached hydrogen (secondary N) is 1. The maximum absolute atomic E-state index is 9.97.